The van der Waals surface area contributed by atoms with E-state index in [1.165, 1.54) is 0 Å². The van der Waals surface area contributed by atoms with Crippen molar-refractivity contribution in [3.05, 3.63) is 28.3 Å². The maximum Gasteiger partial charge on any atom is 0.240 e. The van der Waals surface area contributed by atoms with E-state index in [-0.39, 0.29) is 6.04 Å². The Balaban J connectivity index is 1.54. The number of halogens is 1. The van der Waals surface area contributed by atoms with Crippen LogP contribution >= 0.6 is 11.3 Å². The van der Waals surface area contributed by atoms with Crippen molar-refractivity contribution in [1.29, 1.82) is 0 Å². The lowest BCUT2D eigenvalue weighted by molar-refractivity contribution is 0.169. The minimum absolute atomic E-state index is 0.162. The second-order valence-corrected chi connectivity index (χ2v) is 7.06. The van der Waals surface area contributed by atoms with Gasteiger partial charge >= 0.3 is 0 Å². The van der Waals surface area contributed by atoms with Gasteiger partial charge in [0.15, 0.2) is 5.82 Å². The molecule has 1 aliphatic heterocycles. The molecule has 0 bridgehead atoms. The van der Waals surface area contributed by atoms with Crippen molar-refractivity contribution in [1.82, 2.24) is 24.9 Å². The summed E-state index contributed by atoms with van der Waals surface area (Å²) in [7, 11) is 3.57. The second-order valence-electron chi connectivity index (χ2n) is 6.08. The number of ether oxygens (including phenoxy) is 1. The predicted molar refractivity (Wildman–Crippen MR) is 87.2 cm³/mol. The van der Waals surface area contributed by atoms with Gasteiger partial charge in [-0.1, -0.05) is 5.16 Å². The highest BCUT2D eigenvalue weighted by Gasteiger charge is 2.33. The Morgan fingerprint density at radius 3 is 3.17 bits per heavy atom. The Morgan fingerprint density at radius 1 is 1.54 bits per heavy atom. The molecule has 0 saturated carbocycles. The fraction of sp³-hybridized carbons (Fsp3) is 0.667. The van der Waals surface area contributed by atoms with E-state index in [1.807, 2.05) is 12.4 Å². The number of thiazole rings is 1. The van der Waals surface area contributed by atoms with Crippen LogP contribution in [0.25, 0.3) is 0 Å². The lowest BCUT2D eigenvalue weighted by Crippen LogP contribution is -2.38. The van der Waals surface area contributed by atoms with Gasteiger partial charge < -0.3 is 9.26 Å². The van der Waals surface area contributed by atoms with Gasteiger partial charge in [0.2, 0.25) is 5.89 Å². The Labute approximate surface area is 144 Å². The molecule has 1 aliphatic rings. The van der Waals surface area contributed by atoms with Crippen LogP contribution in [0.4, 0.5) is 4.39 Å². The SMILES string of the molecule is COCc1noc(CN(C)C[C@@H]2C[C@H](F)CN2Cc2nccs2)n1. The molecule has 0 aromatic carbocycles. The topological polar surface area (TPSA) is 67.5 Å². The highest BCUT2D eigenvalue weighted by molar-refractivity contribution is 7.09. The number of likely N-dealkylation sites (tertiary alicyclic amines) is 1. The van der Waals surface area contributed by atoms with Crippen molar-refractivity contribution >= 4 is 11.3 Å². The molecule has 2 aromatic heterocycles. The van der Waals surface area contributed by atoms with Crippen LogP contribution in [0.1, 0.15) is 23.1 Å². The summed E-state index contributed by atoms with van der Waals surface area (Å²) in [4.78, 5) is 12.8. The van der Waals surface area contributed by atoms with Crippen LogP contribution in [0, 0.1) is 0 Å². The number of alkyl halides is 1. The van der Waals surface area contributed by atoms with Gasteiger partial charge in [0.05, 0.1) is 13.1 Å². The zero-order valence-electron chi connectivity index (χ0n) is 13.9. The van der Waals surface area contributed by atoms with Crippen LogP contribution in [0.2, 0.25) is 0 Å². The first-order valence-electron chi connectivity index (χ1n) is 7.89. The summed E-state index contributed by atoms with van der Waals surface area (Å²) in [5, 5.41) is 6.83. The molecule has 2 aromatic rings. The van der Waals surface area contributed by atoms with Crippen LogP contribution in [0.3, 0.4) is 0 Å². The Bertz CT molecular complexity index is 623. The van der Waals surface area contributed by atoms with Crippen LogP contribution in [0.15, 0.2) is 16.1 Å². The quantitative estimate of drug-likeness (QED) is 0.714. The fourth-order valence-electron chi connectivity index (χ4n) is 3.01. The van der Waals surface area contributed by atoms with E-state index in [0.717, 1.165) is 11.6 Å². The Morgan fingerprint density at radius 2 is 2.42 bits per heavy atom. The summed E-state index contributed by atoms with van der Waals surface area (Å²) < 4.78 is 24.1. The third-order valence-corrected chi connectivity index (χ3v) is 4.77. The Hall–Kier alpha value is -1.42. The van der Waals surface area contributed by atoms with Crippen LogP contribution in [0.5, 0.6) is 0 Å². The van der Waals surface area contributed by atoms with E-state index in [2.05, 4.69) is 24.9 Å². The first-order valence-corrected chi connectivity index (χ1v) is 8.77. The maximum absolute atomic E-state index is 13.9. The molecule has 3 rings (SSSR count). The molecule has 2 atom stereocenters. The zero-order chi connectivity index (χ0) is 16.9. The van der Waals surface area contributed by atoms with E-state index in [4.69, 9.17) is 9.26 Å². The molecule has 9 heteroatoms. The number of methoxy groups -OCH3 is 1. The number of aromatic nitrogens is 3. The molecule has 24 heavy (non-hydrogen) atoms. The van der Waals surface area contributed by atoms with Gasteiger partial charge in [-0.2, -0.15) is 4.98 Å². The molecule has 0 unspecified atom stereocenters. The van der Waals surface area contributed by atoms with Gasteiger partial charge in [0, 0.05) is 37.8 Å². The van der Waals surface area contributed by atoms with Gasteiger partial charge in [0.1, 0.15) is 17.8 Å². The van der Waals surface area contributed by atoms with Gasteiger partial charge in [-0.3, -0.25) is 9.80 Å². The number of nitrogens with zero attached hydrogens (tertiary/aromatic N) is 5. The molecule has 1 saturated heterocycles. The van der Waals surface area contributed by atoms with Gasteiger partial charge in [-0.25, -0.2) is 9.37 Å². The number of rotatable bonds is 8. The lowest BCUT2D eigenvalue weighted by Gasteiger charge is -2.26. The largest absolute Gasteiger partial charge is 0.377 e. The summed E-state index contributed by atoms with van der Waals surface area (Å²) in [6.45, 7) is 2.79. The van der Waals surface area contributed by atoms with Crippen LogP contribution in [-0.2, 0) is 24.4 Å². The first kappa shape index (κ1) is 17.4. The van der Waals surface area contributed by atoms with E-state index >= 15 is 0 Å². The monoisotopic (exact) mass is 355 g/mol. The summed E-state index contributed by atoms with van der Waals surface area (Å²) in [5.74, 6) is 1.09. The normalized spacial score (nSPS) is 21.8. The Kier molecular flexibility index (Phi) is 5.88. The van der Waals surface area contributed by atoms with Crippen LogP contribution < -0.4 is 0 Å². The molecule has 0 spiro atoms. The smallest absolute Gasteiger partial charge is 0.240 e. The van der Waals surface area contributed by atoms with E-state index in [9.17, 15) is 4.39 Å². The summed E-state index contributed by atoms with van der Waals surface area (Å²) in [5.41, 5.74) is 0. The van der Waals surface area contributed by atoms with Crippen molar-refractivity contribution in [2.75, 3.05) is 27.2 Å². The van der Waals surface area contributed by atoms with E-state index in [1.54, 1.807) is 24.6 Å². The second kappa shape index (κ2) is 8.11. The summed E-state index contributed by atoms with van der Waals surface area (Å²) in [6, 6.07) is 0.162. The highest BCUT2D eigenvalue weighted by Crippen LogP contribution is 2.24. The van der Waals surface area contributed by atoms with Gasteiger partial charge in [-0.05, 0) is 13.5 Å². The van der Waals surface area contributed by atoms with E-state index in [0.29, 0.717) is 44.4 Å². The van der Waals surface area contributed by atoms with Crippen molar-refractivity contribution < 1.29 is 13.7 Å². The standard InChI is InChI=1S/C15H22FN5O2S/c1-20(8-14-18-13(10-22-2)19-23-14)7-12-5-11(16)6-21(12)9-15-17-3-4-24-15/h3-4,11-12H,5-10H2,1-2H3/t11-,12-/m0/s1. The molecule has 1 fully saturated rings. The molecule has 0 N–H and O–H groups in total. The average Bonchev–Trinajstić information content (AvgIpc) is 3.24. The summed E-state index contributed by atoms with van der Waals surface area (Å²) >= 11 is 1.61. The third-order valence-electron chi connectivity index (χ3n) is 4.01. The van der Waals surface area contributed by atoms with Gasteiger partial charge in [0.25, 0.3) is 0 Å². The van der Waals surface area contributed by atoms with Crippen LogP contribution in [-0.4, -0.2) is 64.4 Å². The minimum Gasteiger partial charge on any atom is -0.377 e. The van der Waals surface area contributed by atoms with Crippen molar-refractivity contribution in [3.63, 3.8) is 0 Å². The van der Waals surface area contributed by atoms with Gasteiger partial charge in [-0.15, -0.1) is 11.3 Å². The number of likely N-dealkylation sites (N-methyl/N-ethyl adjacent to an activating group) is 1. The van der Waals surface area contributed by atoms with E-state index < -0.39 is 6.17 Å². The average molecular weight is 355 g/mol. The molecule has 3 heterocycles. The van der Waals surface area contributed by atoms with Crippen molar-refractivity contribution in [3.8, 4) is 0 Å². The molecule has 132 valence electrons. The molecule has 7 nitrogen and oxygen atoms in total. The van der Waals surface area contributed by atoms with Crippen molar-refractivity contribution in [2.45, 2.75) is 38.3 Å². The maximum atomic E-state index is 13.9. The molecule has 0 radical (unpaired) electrons. The molecular weight excluding hydrogens is 333 g/mol. The van der Waals surface area contributed by atoms with Crippen molar-refractivity contribution in [2.24, 2.45) is 0 Å². The number of hydrogen-bond acceptors (Lipinski definition) is 8. The predicted octanol–water partition coefficient (Wildman–Crippen LogP) is 1.72. The highest BCUT2D eigenvalue weighted by atomic mass is 32.1. The minimum atomic E-state index is -0.778. The zero-order valence-corrected chi connectivity index (χ0v) is 14.7. The summed E-state index contributed by atoms with van der Waals surface area (Å²) in [6.07, 6.45) is 1.56. The fourth-order valence-corrected chi connectivity index (χ4v) is 3.65. The third kappa shape index (κ3) is 4.56. The molecule has 0 aliphatic carbocycles. The molecular formula is C15H22FN5O2S. The lowest BCUT2D eigenvalue weighted by atomic mass is 10.2. The number of hydrogen-bond donors (Lipinski definition) is 0. The molecule has 0 amide bonds. The first-order chi connectivity index (χ1) is 11.6.